The van der Waals surface area contributed by atoms with Gasteiger partial charge in [0.05, 0.1) is 13.2 Å². The van der Waals surface area contributed by atoms with Crippen molar-refractivity contribution in [3.05, 3.63) is 57.3 Å². The molecule has 0 bridgehead atoms. The molecule has 5 nitrogen and oxygen atoms in total. The van der Waals surface area contributed by atoms with E-state index < -0.39 is 5.97 Å². The molecule has 2 heterocycles. The summed E-state index contributed by atoms with van der Waals surface area (Å²) >= 11 is 1.17. The van der Waals surface area contributed by atoms with E-state index in [4.69, 9.17) is 9.84 Å². The van der Waals surface area contributed by atoms with Gasteiger partial charge in [0.15, 0.2) is 0 Å². The van der Waals surface area contributed by atoms with E-state index in [2.05, 4.69) is 5.32 Å². The molecule has 0 unspecified atom stereocenters. The number of hydrogen-bond donors (Lipinski definition) is 2. The van der Waals surface area contributed by atoms with Gasteiger partial charge in [-0.1, -0.05) is 12.1 Å². The first-order chi connectivity index (χ1) is 11.1. The molecular weight excluding hydrogens is 314 g/mol. The SMILES string of the molecule is O=C(NCc1ccc(C(=O)O)s1)c1cccc([C@@H]2CCOC2)c1. The lowest BCUT2D eigenvalue weighted by molar-refractivity contribution is 0.0702. The van der Waals surface area contributed by atoms with Gasteiger partial charge in [0.25, 0.3) is 5.91 Å². The van der Waals surface area contributed by atoms with Gasteiger partial charge in [0, 0.05) is 23.0 Å². The number of benzene rings is 1. The van der Waals surface area contributed by atoms with Gasteiger partial charge in [-0.2, -0.15) is 0 Å². The van der Waals surface area contributed by atoms with Crippen LogP contribution in [0.5, 0.6) is 0 Å². The molecule has 23 heavy (non-hydrogen) atoms. The van der Waals surface area contributed by atoms with Crippen molar-refractivity contribution in [2.45, 2.75) is 18.9 Å². The third kappa shape index (κ3) is 3.78. The zero-order chi connectivity index (χ0) is 16.2. The van der Waals surface area contributed by atoms with E-state index >= 15 is 0 Å². The summed E-state index contributed by atoms with van der Waals surface area (Å²) in [6.07, 6.45) is 0.984. The first kappa shape index (κ1) is 15.7. The van der Waals surface area contributed by atoms with E-state index in [0.29, 0.717) is 24.6 Å². The van der Waals surface area contributed by atoms with Crippen molar-refractivity contribution in [3.8, 4) is 0 Å². The molecule has 2 N–H and O–H groups in total. The summed E-state index contributed by atoms with van der Waals surface area (Å²) in [4.78, 5) is 24.2. The number of carboxylic acid groups (broad SMARTS) is 1. The van der Waals surface area contributed by atoms with Crippen LogP contribution in [0.1, 0.15) is 42.8 Å². The number of carboxylic acids is 1. The molecule has 0 aliphatic carbocycles. The van der Waals surface area contributed by atoms with Crippen molar-refractivity contribution >= 4 is 23.2 Å². The van der Waals surface area contributed by atoms with Crippen molar-refractivity contribution < 1.29 is 19.4 Å². The maximum Gasteiger partial charge on any atom is 0.345 e. The summed E-state index contributed by atoms with van der Waals surface area (Å²) < 4.78 is 5.39. The Bertz CT molecular complexity index is 719. The third-order valence-corrected chi connectivity index (χ3v) is 4.92. The number of amides is 1. The van der Waals surface area contributed by atoms with E-state index in [0.717, 1.165) is 23.5 Å². The van der Waals surface area contributed by atoms with E-state index in [1.807, 2.05) is 18.2 Å². The number of carbonyl (C=O) groups excluding carboxylic acids is 1. The fraction of sp³-hybridized carbons (Fsp3) is 0.294. The van der Waals surface area contributed by atoms with Gasteiger partial charge >= 0.3 is 5.97 Å². The van der Waals surface area contributed by atoms with Crippen LogP contribution in [0, 0.1) is 0 Å². The summed E-state index contributed by atoms with van der Waals surface area (Å²) in [6.45, 7) is 1.80. The molecule has 0 radical (unpaired) electrons. The van der Waals surface area contributed by atoms with Crippen molar-refractivity contribution in [2.24, 2.45) is 0 Å². The average Bonchev–Trinajstić information content (AvgIpc) is 3.24. The van der Waals surface area contributed by atoms with E-state index in [9.17, 15) is 9.59 Å². The molecule has 1 amide bonds. The highest BCUT2D eigenvalue weighted by atomic mass is 32.1. The molecule has 1 atom stereocenters. The number of hydrogen-bond acceptors (Lipinski definition) is 4. The van der Waals surface area contributed by atoms with Crippen molar-refractivity contribution in [1.29, 1.82) is 0 Å². The van der Waals surface area contributed by atoms with Crippen LogP contribution in [0.4, 0.5) is 0 Å². The summed E-state index contributed by atoms with van der Waals surface area (Å²) in [5, 5.41) is 11.7. The standard InChI is InChI=1S/C17H17NO4S/c19-16(18-9-14-4-5-15(23-14)17(20)21)12-3-1-2-11(8-12)13-6-7-22-10-13/h1-5,8,13H,6-7,9-10H2,(H,18,19)(H,20,21)/t13-/m1/s1. The van der Waals surface area contributed by atoms with Crippen LogP contribution in [-0.4, -0.2) is 30.2 Å². The van der Waals surface area contributed by atoms with E-state index in [1.54, 1.807) is 18.2 Å². The van der Waals surface area contributed by atoms with Crippen molar-refractivity contribution in [3.63, 3.8) is 0 Å². The van der Waals surface area contributed by atoms with Gasteiger partial charge < -0.3 is 15.2 Å². The molecule has 1 aromatic heterocycles. The Balaban J connectivity index is 1.63. The number of thiophene rings is 1. The van der Waals surface area contributed by atoms with Crippen LogP contribution in [0.25, 0.3) is 0 Å². The second-order valence-corrected chi connectivity index (χ2v) is 6.61. The first-order valence-corrected chi connectivity index (χ1v) is 8.23. The van der Waals surface area contributed by atoms with Gasteiger partial charge in [-0.15, -0.1) is 11.3 Å². The van der Waals surface area contributed by atoms with Crippen LogP contribution in [0.15, 0.2) is 36.4 Å². The first-order valence-electron chi connectivity index (χ1n) is 7.41. The third-order valence-electron chi connectivity index (χ3n) is 3.85. The summed E-state index contributed by atoms with van der Waals surface area (Å²) in [5.41, 5.74) is 1.74. The van der Waals surface area contributed by atoms with E-state index in [1.165, 1.54) is 11.3 Å². The maximum atomic E-state index is 12.3. The van der Waals surface area contributed by atoms with Gasteiger partial charge in [0.2, 0.25) is 0 Å². The smallest absolute Gasteiger partial charge is 0.345 e. The fourth-order valence-electron chi connectivity index (χ4n) is 2.59. The zero-order valence-electron chi connectivity index (χ0n) is 12.5. The monoisotopic (exact) mass is 331 g/mol. The fourth-order valence-corrected chi connectivity index (χ4v) is 3.37. The second-order valence-electron chi connectivity index (χ2n) is 5.44. The highest BCUT2D eigenvalue weighted by molar-refractivity contribution is 7.13. The number of rotatable bonds is 5. The molecule has 120 valence electrons. The van der Waals surface area contributed by atoms with Crippen LogP contribution in [0.2, 0.25) is 0 Å². The molecule has 1 fully saturated rings. The zero-order valence-corrected chi connectivity index (χ0v) is 13.3. The van der Waals surface area contributed by atoms with Gasteiger partial charge in [-0.25, -0.2) is 4.79 Å². The van der Waals surface area contributed by atoms with Crippen LogP contribution in [0.3, 0.4) is 0 Å². The lowest BCUT2D eigenvalue weighted by Gasteiger charge is -2.10. The molecule has 1 aliphatic heterocycles. The molecule has 2 aromatic rings. The highest BCUT2D eigenvalue weighted by Crippen LogP contribution is 2.25. The Morgan fingerprint density at radius 2 is 2.17 bits per heavy atom. The normalized spacial score (nSPS) is 17.1. The number of ether oxygens (including phenoxy) is 1. The second kappa shape index (κ2) is 6.93. The molecule has 1 aromatic carbocycles. The maximum absolute atomic E-state index is 12.3. The average molecular weight is 331 g/mol. The van der Waals surface area contributed by atoms with Crippen molar-refractivity contribution in [1.82, 2.24) is 5.32 Å². The molecule has 6 heteroatoms. The van der Waals surface area contributed by atoms with Crippen LogP contribution >= 0.6 is 11.3 Å². The van der Waals surface area contributed by atoms with Crippen LogP contribution in [-0.2, 0) is 11.3 Å². The minimum Gasteiger partial charge on any atom is -0.477 e. The molecule has 0 saturated carbocycles. The van der Waals surface area contributed by atoms with E-state index in [-0.39, 0.29) is 10.8 Å². The Labute approximate surface area is 137 Å². The molecule has 0 spiro atoms. The number of carbonyl (C=O) groups is 2. The Kier molecular flexibility index (Phi) is 4.73. The Morgan fingerprint density at radius 1 is 1.30 bits per heavy atom. The largest absolute Gasteiger partial charge is 0.477 e. The van der Waals surface area contributed by atoms with Gasteiger partial charge in [-0.3, -0.25) is 4.79 Å². The Hall–Kier alpha value is -2.18. The minimum absolute atomic E-state index is 0.156. The van der Waals surface area contributed by atoms with Gasteiger partial charge in [-0.05, 0) is 36.2 Å². The quantitative estimate of drug-likeness (QED) is 0.883. The topological polar surface area (TPSA) is 75.6 Å². The number of aromatic carboxylic acids is 1. The number of nitrogens with one attached hydrogen (secondary N) is 1. The summed E-state index contributed by atoms with van der Waals surface area (Å²) in [6, 6.07) is 10.9. The minimum atomic E-state index is -0.945. The lowest BCUT2D eigenvalue weighted by Crippen LogP contribution is -2.22. The summed E-state index contributed by atoms with van der Waals surface area (Å²) in [7, 11) is 0. The van der Waals surface area contributed by atoms with Crippen molar-refractivity contribution in [2.75, 3.05) is 13.2 Å². The molecular formula is C17H17NO4S. The predicted molar refractivity (Wildman–Crippen MR) is 87.1 cm³/mol. The molecule has 1 aliphatic rings. The highest BCUT2D eigenvalue weighted by Gasteiger charge is 2.18. The molecule has 1 saturated heterocycles. The van der Waals surface area contributed by atoms with Gasteiger partial charge in [0.1, 0.15) is 4.88 Å². The van der Waals surface area contributed by atoms with Crippen LogP contribution < -0.4 is 5.32 Å². The lowest BCUT2D eigenvalue weighted by atomic mass is 9.96. The summed E-state index contributed by atoms with van der Waals surface area (Å²) in [5.74, 6) is -0.742. The Morgan fingerprint density at radius 3 is 2.87 bits per heavy atom. The predicted octanol–water partition coefficient (Wildman–Crippen LogP) is 2.88. The molecule has 3 rings (SSSR count).